The van der Waals surface area contributed by atoms with Crippen molar-refractivity contribution in [1.82, 2.24) is 5.32 Å². The second-order valence-corrected chi connectivity index (χ2v) is 4.07. The van der Waals surface area contributed by atoms with E-state index in [0.29, 0.717) is 12.5 Å². The van der Waals surface area contributed by atoms with Crippen LogP contribution in [-0.2, 0) is 0 Å². The highest BCUT2D eigenvalue weighted by Gasteiger charge is 2.26. The maximum Gasteiger partial charge on any atom is 0.124 e. The van der Waals surface area contributed by atoms with Gasteiger partial charge in [-0.1, -0.05) is 6.07 Å². The molecule has 2 rings (SSSR count). The van der Waals surface area contributed by atoms with E-state index in [1.807, 2.05) is 26.0 Å². The third-order valence-electron chi connectivity index (χ3n) is 3.02. The zero-order chi connectivity index (χ0) is 11.5. The van der Waals surface area contributed by atoms with Crippen molar-refractivity contribution >= 4 is 0 Å². The number of nitriles is 1. The maximum absolute atomic E-state index is 9.23. The molecule has 1 heterocycles. The molecule has 0 saturated carbocycles. The number of hydrogen-bond acceptors (Lipinski definition) is 3. The Bertz CT molecular complexity index is 430. The summed E-state index contributed by atoms with van der Waals surface area (Å²) in [6.45, 7) is 6.47. The molecule has 16 heavy (non-hydrogen) atoms. The van der Waals surface area contributed by atoms with Crippen LogP contribution < -0.4 is 10.1 Å². The van der Waals surface area contributed by atoms with Crippen LogP contribution in [0.1, 0.15) is 29.5 Å². The molecule has 1 aliphatic rings. The van der Waals surface area contributed by atoms with Gasteiger partial charge < -0.3 is 10.1 Å². The van der Waals surface area contributed by atoms with E-state index in [1.165, 1.54) is 0 Å². The van der Waals surface area contributed by atoms with Gasteiger partial charge in [0, 0.05) is 24.6 Å². The van der Waals surface area contributed by atoms with Crippen molar-refractivity contribution in [2.24, 2.45) is 0 Å². The van der Waals surface area contributed by atoms with E-state index in [9.17, 15) is 5.26 Å². The normalized spacial score (nSPS) is 15.3. The fraction of sp³-hybridized carbons (Fsp3) is 0.462. The van der Waals surface area contributed by atoms with Crippen molar-refractivity contribution in [2.45, 2.75) is 19.8 Å². The molecule has 0 aliphatic carbocycles. The van der Waals surface area contributed by atoms with Gasteiger partial charge in [-0.25, -0.2) is 0 Å². The Hall–Kier alpha value is -1.53. The SMILES string of the molecule is CCOc1ccc(C)c(C#N)c1C1CNC1. The summed E-state index contributed by atoms with van der Waals surface area (Å²) in [4.78, 5) is 0. The highest BCUT2D eigenvalue weighted by Crippen LogP contribution is 2.34. The zero-order valence-electron chi connectivity index (χ0n) is 9.71. The zero-order valence-corrected chi connectivity index (χ0v) is 9.71. The Balaban J connectivity index is 2.49. The number of rotatable bonds is 3. The molecule has 84 valence electrons. The largest absolute Gasteiger partial charge is 0.494 e. The van der Waals surface area contributed by atoms with Gasteiger partial charge in [0.2, 0.25) is 0 Å². The van der Waals surface area contributed by atoms with Gasteiger partial charge in [-0.2, -0.15) is 5.26 Å². The first kappa shape index (κ1) is 11.0. The minimum atomic E-state index is 0.427. The Morgan fingerprint density at radius 1 is 1.50 bits per heavy atom. The molecule has 1 aromatic carbocycles. The maximum atomic E-state index is 9.23. The van der Waals surface area contributed by atoms with Crippen LogP contribution in [-0.4, -0.2) is 19.7 Å². The molecule has 0 radical (unpaired) electrons. The lowest BCUT2D eigenvalue weighted by Gasteiger charge is -2.30. The molecule has 1 aromatic rings. The van der Waals surface area contributed by atoms with Crippen molar-refractivity contribution in [3.63, 3.8) is 0 Å². The van der Waals surface area contributed by atoms with Crippen LogP contribution in [0.25, 0.3) is 0 Å². The van der Waals surface area contributed by atoms with Gasteiger partial charge in [-0.15, -0.1) is 0 Å². The number of benzene rings is 1. The smallest absolute Gasteiger partial charge is 0.124 e. The number of hydrogen-bond donors (Lipinski definition) is 1. The minimum absolute atomic E-state index is 0.427. The lowest BCUT2D eigenvalue weighted by molar-refractivity contribution is 0.326. The summed E-state index contributed by atoms with van der Waals surface area (Å²) in [7, 11) is 0. The summed E-state index contributed by atoms with van der Waals surface area (Å²) in [6, 6.07) is 6.24. The van der Waals surface area contributed by atoms with Gasteiger partial charge in [0.25, 0.3) is 0 Å². The van der Waals surface area contributed by atoms with E-state index >= 15 is 0 Å². The summed E-state index contributed by atoms with van der Waals surface area (Å²) < 4.78 is 5.61. The Morgan fingerprint density at radius 2 is 2.25 bits per heavy atom. The predicted octanol–water partition coefficient (Wildman–Crippen LogP) is 1.95. The van der Waals surface area contributed by atoms with Crippen LogP contribution in [0.5, 0.6) is 5.75 Å². The van der Waals surface area contributed by atoms with E-state index in [4.69, 9.17) is 4.74 Å². The first-order chi connectivity index (χ1) is 7.77. The molecule has 3 heteroatoms. The van der Waals surface area contributed by atoms with Crippen LogP contribution in [0.2, 0.25) is 0 Å². The average molecular weight is 216 g/mol. The first-order valence-corrected chi connectivity index (χ1v) is 5.65. The van der Waals surface area contributed by atoms with Gasteiger partial charge in [-0.05, 0) is 25.5 Å². The molecule has 0 aromatic heterocycles. The average Bonchev–Trinajstić information content (AvgIpc) is 2.20. The number of aryl methyl sites for hydroxylation is 1. The lowest BCUT2D eigenvalue weighted by atomic mass is 9.87. The highest BCUT2D eigenvalue weighted by molar-refractivity contribution is 5.53. The molecule has 0 spiro atoms. The van der Waals surface area contributed by atoms with Gasteiger partial charge in [0.15, 0.2) is 0 Å². The van der Waals surface area contributed by atoms with E-state index in [0.717, 1.165) is 35.5 Å². The monoisotopic (exact) mass is 216 g/mol. The summed E-state index contributed by atoms with van der Waals surface area (Å²) in [6.07, 6.45) is 0. The predicted molar refractivity (Wildman–Crippen MR) is 62.7 cm³/mol. The molecule has 0 amide bonds. The third-order valence-corrected chi connectivity index (χ3v) is 3.02. The molecular weight excluding hydrogens is 200 g/mol. The number of nitrogens with one attached hydrogen (secondary N) is 1. The summed E-state index contributed by atoms with van der Waals surface area (Å²) >= 11 is 0. The molecular formula is C13H16N2O. The van der Waals surface area contributed by atoms with E-state index in [-0.39, 0.29) is 0 Å². The van der Waals surface area contributed by atoms with Crippen LogP contribution in [0.3, 0.4) is 0 Å². The molecule has 0 bridgehead atoms. The van der Waals surface area contributed by atoms with Crippen molar-refractivity contribution in [3.8, 4) is 11.8 Å². The Kier molecular flexibility index (Phi) is 3.12. The van der Waals surface area contributed by atoms with Crippen molar-refractivity contribution in [3.05, 3.63) is 28.8 Å². The fourth-order valence-corrected chi connectivity index (χ4v) is 2.04. The second kappa shape index (κ2) is 4.54. The number of nitrogens with zero attached hydrogens (tertiary/aromatic N) is 1. The van der Waals surface area contributed by atoms with Crippen LogP contribution in [0.15, 0.2) is 12.1 Å². The van der Waals surface area contributed by atoms with Crippen molar-refractivity contribution in [1.29, 1.82) is 5.26 Å². The van der Waals surface area contributed by atoms with Gasteiger partial charge in [0.05, 0.1) is 18.2 Å². The van der Waals surface area contributed by atoms with Crippen LogP contribution in [0, 0.1) is 18.3 Å². The standard InChI is InChI=1S/C13H16N2O/c1-3-16-12-5-4-9(2)11(6-14)13(12)10-7-15-8-10/h4-5,10,15H,3,7-8H2,1-2H3. The van der Waals surface area contributed by atoms with Crippen molar-refractivity contribution in [2.75, 3.05) is 19.7 Å². The Morgan fingerprint density at radius 3 is 2.75 bits per heavy atom. The van der Waals surface area contributed by atoms with Gasteiger partial charge in [0.1, 0.15) is 5.75 Å². The molecule has 3 nitrogen and oxygen atoms in total. The van der Waals surface area contributed by atoms with Gasteiger partial charge >= 0.3 is 0 Å². The Labute approximate surface area is 96.0 Å². The first-order valence-electron chi connectivity index (χ1n) is 5.65. The molecule has 1 aliphatic heterocycles. The van der Waals surface area contributed by atoms with E-state index < -0.39 is 0 Å². The third kappa shape index (κ3) is 1.77. The molecule has 1 saturated heterocycles. The highest BCUT2D eigenvalue weighted by atomic mass is 16.5. The molecule has 1 N–H and O–H groups in total. The fourth-order valence-electron chi connectivity index (χ4n) is 2.04. The molecule has 0 unspecified atom stereocenters. The van der Waals surface area contributed by atoms with Crippen LogP contribution in [0.4, 0.5) is 0 Å². The quantitative estimate of drug-likeness (QED) is 0.840. The van der Waals surface area contributed by atoms with Gasteiger partial charge in [-0.3, -0.25) is 0 Å². The molecule has 0 atom stereocenters. The van der Waals surface area contributed by atoms with Crippen molar-refractivity contribution < 1.29 is 4.74 Å². The minimum Gasteiger partial charge on any atom is -0.494 e. The van der Waals surface area contributed by atoms with E-state index in [2.05, 4.69) is 11.4 Å². The summed E-state index contributed by atoms with van der Waals surface area (Å²) in [5, 5.41) is 12.5. The topological polar surface area (TPSA) is 45.0 Å². The summed E-state index contributed by atoms with van der Waals surface area (Å²) in [5.74, 6) is 1.30. The summed E-state index contributed by atoms with van der Waals surface area (Å²) in [5.41, 5.74) is 2.91. The van der Waals surface area contributed by atoms with E-state index in [1.54, 1.807) is 0 Å². The molecule has 1 fully saturated rings. The van der Waals surface area contributed by atoms with Crippen LogP contribution >= 0.6 is 0 Å². The lowest BCUT2D eigenvalue weighted by Crippen LogP contribution is -2.40. The number of ether oxygens (including phenoxy) is 1. The second-order valence-electron chi connectivity index (χ2n) is 4.07.